The summed E-state index contributed by atoms with van der Waals surface area (Å²) >= 11 is 0. The Bertz CT molecular complexity index is 638. The lowest BCUT2D eigenvalue weighted by molar-refractivity contribution is -0.118. The van der Waals surface area contributed by atoms with Crippen LogP contribution in [0.2, 0.25) is 0 Å². The molecule has 2 fully saturated rings. The lowest BCUT2D eigenvalue weighted by Crippen LogP contribution is -2.45. The van der Waals surface area contributed by atoms with Gasteiger partial charge in [-0.2, -0.15) is 0 Å². The number of urea groups is 1. The van der Waals surface area contributed by atoms with E-state index in [9.17, 15) is 14.4 Å². The predicted octanol–water partition coefficient (Wildman–Crippen LogP) is 1.99. The van der Waals surface area contributed by atoms with Gasteiger partial charge < -0.3 is 15.5 Å². The second kappa shape index (κ2) is 8.00. The summed E-state index contributed by atoms with van der Waals surface area (Å²) in [6.07, 6.45) is 5.70. The normalized spacial score (nSPS) is 17.6. The number of nitrogens with zero attached hydrogens (tertiary/aromatic N) is 1. The zero-order chi connectivity index (χ0) is 17.6. The van der Waals surface area contributed by atoms with Gasteiger partial charge in [-0.25, -0.2) is 4.79 Å². The molecule has 4 amide bonds. The van der Waals surface area contributed by atoms with E-state index >= 15 is 0 Å². The van der Waals surface area contributed by atoms with Crippen LogP contribution >= 0.6 is 0 Å². The summed E-state index contributed by atoms with van der Waals surface area (Å²) in [5.74, 6) is -0.234. The van der Waals surface area contributed by atoms with Gasteiger partial charge in [-0.3, -0.25) is 14.9 Å². The third kappa shape index (κ3) is 4.71. The first-order chi connectivity index (χ1) is 12.1. The number of carbonyl (C=O) groups excluding carboxylic acids is 3. The minimum atomic E-state index is -0.429. The van der Waals surface area contributed by atoms with E-state index in [0.717, 1.165) is 50.0 Å². The molecule has 1 aliphatic heterocycles. The van der Waals surface area contributed by atoms with E-state index < -0.39 is 6.03 Å². The Morgan fingerprint density at radius 1 is 1.08 bits per heavy atom. The van der Waals surface area contributed by atoms with Gasteiger partial charge in [0.2, 0.25) is 11.8 Å². The second-order valence-electron chi connectivity index (χ2n) is 6.55. The summed E-state index contributed by atoms with van der Waals surface area (Å²) in [5.41, 5.74) is 1.63. The monoisotopic (exact) mass is 344 g/mol. The van der Waals surface area contributed by atoms with Crippen molar-refractivity contribution in [3.8, 4) is 0 Å². The maximum Gasteiger partial charge on any atom is 0.321 e. The molecule has 134 valence electrons. The van der Waals surface area contributed by atoms with Crippen molar-refractivity contribution in [3.63, 3.8) is 0 Å². The maximum absolute atomic E-state index is 11.8. The fourth-order valence-electron chi connectivity index (χ4n) is 3.33. The van der Waals surface area contributed by atoms with Crippen molar-refractivity contribution < 1.29 is 14.4 Å². The lowest BCUT2D eigenvalue weighted by atomic mass is 10.2. The number of carbonyl (C=O) groups is 3. The molecule has 3 N–H and O–H groups in total. The van der Waals surface area contributed by atoms with E-state index in [1.807, 2.05) is 24.3 Å². The van der Waals surface area contributed by atoms with Crippen molar-refractivity contribution >= 4 is 29.2 Å². The van der Waals surface area contributed by atoms with Crippen molar-refractivity contribution in [2.45, 2.75) is 44.6 Å². The molecule has 0 atom stereocenters. The highest BCUT2D eigenvalue weighted by Crippen LogP contribution is 2.22. The number of amides is 4. The summed E-state index contributed by atoms with van der Waals surface area (Å²) in [5, 5.41) is 8.13. The Balaban J connectivity index is 1.42. The van der Waals surface area contributed by atoms with Crippen LogP contribution in [0.25, 0.3) is 0 Å². The van der Waals surface area contributed by atoms with E-state index in [2.05, 4.69) is 16.0 Å². The Morgan fingerprint density at radius 3 is 2.44 bits per heavy atom. The van der Waals surface area contributed by atoms with Crippen LogP contribution in [0.15, 0.2) is 24.3 Å². The Labute approximate surface area is 147 Å². The summed E-state index contributed by atoms with van der Waals surface area (Å²) in [4.78, 5) is 37.1. The molecule has 3 rings (SSSR count). The van der Waals surface area contributed by atoms with Gasteiger partial charge >= 0.3 is 6.03 Å². The number of nitrogens with one attached hydrogen (secondary N) is 3. The lowest BCUT2D eigenvalue weighted by Gasteiger charge is -2.16. The summed E-state index contributed by atoms with van der Waals surface area (Å²) in [6, 6.07) is 7.12. The molecule has 1 aliphatic carbocycles. The number of benzene rings is 1. The SMILES string of the molecule is O=C(CNc1ccc(N2CCCC2=O)cc1)NC(=O)NC1CCCC1. The van der Waals surface area contributed by atoms with E-state index in [4.69, 9.17) is 0 Å². The van der Waals surface area contributed by atoms with E-state index in [1.54, 1.807) is 4.90 Å². The van der Waals surface area contributed by atoms with Crippen LogP contribution < -0.4 is 20.9 Å². The quantitative estimate of drug-likeness (QED) is 0.762. The predicted molar refractivity (Wildman–Crippen MR) is 95.4 cm³/mol. The number of anilines is 2. The number of hydrogen-bond acceptors (Lipinski definition) is 4. The smallest absolute Gasteiger partial charge is 0.321 e. The third-order valence-electron chi connectivity index (χ3n) is 4.65. The molecule has 1 saturated heterocycles. The molecule has 1 saturated carbocycles. The largest absolute Gasteiger partial charge is 0.376 e. The molecular formula is C18H24N4O3. The molecule has 0 unspecified atom stereocenters. The Morgan fingerprint density at radius 2 is 1.80 bits per heavy atom. The minimum Gasteiger partial charge on any atom is -0.376 e. The molecule has 7 heteroatoms. The average Bonchev–Trinajstić information content (AvgIpc) is 3.25. The summed E-state index contributed by atoms with van der Waals surface area (Å²) in [6.45, 7) is 0.768. The van der Waals surface area contributed by atoms with Crippen molar-refractivity contribution in [1.82, 2.24) is 10.6 Å². The van der Waals surface area contributed by atoms with Gasteiger partial charge in [0.1, 0.15) is 0 Å². The van der Waals surface area contributed by atoms with E-state index in [0.29, 0.717) is 6.42 Å². The van der Waals surface area contributed by atoms with Gasteiger partial charge in [-0.1, -0.05) is 12.8 Å². The molecule has 0 bridgehead atoms. The molecule has 0 aromatic heterocycles. The standard InChI is InChI=1S/C18H24N4O3/c23-16(21-18(25)20-14-4-1-2-5-14)12-19-13-7-9-15(10-8-13)22-11-3-6-17(22)24/h7-10,14,19H,1-6,11-12H2,(H2,20,21,23,25). The van der Waals surface area contributed by atoms with Gasteiger partial charge in [-0.15, -0.1) is 0 Å². The first kappa shape index (κ1) is 17.3. The van der Waals surface area contributed by atoms with Gasteiger partial charge in [0.15, 0.2) is 0 Å². The van der Waals surface area contributed by atoms with Gasteiger partial charge in [0, 0.05) is 30.4 Å². The van der Waals surface area contributed by atoms with Crippen LogP contribution in [-0.2, 0) is 9.59 Å². The molecule has 0 spiro atoms. The van der Waals surface area contributed by atoms with E-state index in [1.165, 1.54) is 0 Å². The van der Waals surface area contributed by atoms with Crippen molar-refractivity contribution in [2.24, 2.45) is 0 Å². The molecule has 1 aromatic rings. The highest BCUT2D eigenvalue weighted by Gasteiger charge is 2.21. The van der Waals surface area contributed by atoms with E-state index in [-0.39, 0.29) is 24.4 Å². The highest BCUT2D eigenvalue weighted by atomic mass is 16.2. The fraction of sp³-hybridized carbons (Fsp3) is 0.500. The van der Waals surface area contributed by atoms with Gasteiger partial charge in [0.05, 0.1) is 6.54 Å². The second-order valence-corrected chi connectivity index (χ2v) is 6.55. The zero-order valence-corrected chi connectivity index (χ0v) is 14.2. The van der Waals surface area contributed by atoms with Gasteiger partial charge in [-0.05, 0) is 43.5 Å². The van der Waals surface area contributed by atoms with Crippen LogP contribution in [0.3, 0.4) is 0 Å². The molecule has 1 aromatic carbocycles. The first-order valence-electron chi connectivity index (χ1n) is 8.86. The van der Waals surface area contributed by atoms with Crippen LogP contribution in [0.5, 0.6) is 0 Å². The number of imide groups is 1. The molecule has 25 heavy (non-hydrogen) atoms. The first-order valence-corrected chi connectivity index (χ1v) is 8.86. The molecule has 1 heterocycles. The number of rotatable bonds is 5. The number of hydrogen-bond donors (Lipinski definition) is 3. The topological polar surface area (TPSA) is 90.5 Å². The van der Waals surface area contributed by atoms with Crippen molar-refractivity contribution in [2.75, 3.05) is 23.3 Å². The molecule has 0 radical (unpaired) electrons. The summed E-state index contributed by atoms with van der Waals surface area (Å²) < 4.78 is 0. The van der Waals surface area contributed by atoms with Crippen molar-refractivity contribution in [1.29, 1.82) is 0 Å². The fourth-order valence-corrected chi connectivity index (χ4v) is 3.33. The van der Waals surface area contributed by atoms with Crippen LogP contribution in [-0.4, -0.2) is 37.0 Å². The maximum atomic E-state index is 11.8. The molecular weight excluding hydrogens is 320 g/mol. The zero-order valence-electron chi connectivity index (χ0n) is 14.2. The minimum absolute atomic E-state index is 0.0140. The van der Waals surface area contributed by atoms with Crippen LogP contribution in [0.1, 0.15) is 38.5 Å². The van der Waals surface area contributed by atoms with Crippen molar-refractivity contribution in [3.05, 3.63) is 24.3 Å². The average molecular weight is 344 g/mol. The Hall–Kier alpha value is -2.57. The molecule has 7 nitrogen and oxygen atoms in total. The third-order valence-corrected chi connectivity index (χ3v) is 4.65. The van der Waals surface area contributed by atoms with Crippen LogP contribution in [0, 0.1) is 0 Å². The highest BCUT2D eigenvalue weighted by molar-refractivity contribution is 5.97. The molecule has 2 aliphatic rings. The van der Waals surface area contributed by atoms with Crippen LogP contribution in [0.4, 0.5) is 16.2 Å². The van der Waals surface area contributed by atoms with Gasteiger partial charge in [0.25, 0.3) is 0 Å². The summed E-state index contributed by atoms with van der Waals surface area (Å²) in [7, 11) is 0. The Kier molecular flexibility index (Phi) is 5.53.